The van der Waals surface area contributed by atoms with Crippen LogP contribution in [0.2, 0.25) is 0 Å². The van der Waals surface area contributed by atoms with Crippen LogP contribution in [-0.4, -0.2) is 31.5 Å². The van der Waals surface area contributed by atoms with Crippen LogP contribution in [0, 0.1) is 11.3 Å². The first-order valence-corrected chi connectivity index (χ1v) is 5.36. The lowest BCUT2D eigenvalue weighted by Gasteiger charge is -2.36. The van der Waals surface area contributed by atoms with Gasteiger partial charge in [0.25, 0.3) is 0 Å². The zero-order valence-corrected chi connectivity index (χ0v) is 7.98. The van der Waals surface area contributed by atoms with Crippen LogP contribution in [0.3, 0.4) is 0 Å². The van der Waals surface area contributed by atoms with Gasteiger partial charge in [-0.2, -0.15) is 5.26 Å². The first-order chi connectivity index (χ1) is 5.46. The zero-order valence-electron chi connectivity index (χ0n) is 7.16. The lowest BCUT2D eigenvalue weighted by molar-refractivity contribution is 0.428. The van der Waals surface area contributed by atoms with E-state index in [0.29, 0.717) is 0 Å². The molecule has 0 aromatic carbocycles. The Morgan fingerprint density at radius 3 is 2.08 bits per heavy atom. The Bertz CT molecular complexity index is 309. The van der Waals surface area contributed by atoms with Gasteiger partial charge >= 0.3 is 0 Å². The van der Waals surface area contributed by atoms with Crippen LogP contribution in [0.1, 0.15) is 13.8 Å². The number of hydrogen-bond acceptors (Lipinski definition) is 4. The van der Waals surface area contributed by atoms with E-state index in [9.17, 15) is 8.42 Å². The highest BCUT2D eigenvalue weighted by Crippen LogP contribution is 2.25. The van der Waals surface area contributed by atoms with Gasteiger partial charge in [-0.3, -0.25) is 0 Å². The standard InChI is InChI=1S/C7H12N2O2S/c1-6(2)12(10,11)7(3-8)4-9-5-7/h6,9H,4-5H2,1-2H3. The highest BCUT2D eigenvalue weighted by atomic mass is 32.2. The summed E-state index contributed by atoms with van der Waals surface area (Å²) in [6, 6.07) is 1.89. The molecule has 1 heterocycles. The Morgan fingerprint density at radius 2 is 2.00 bits per heavy atom. The van der Waals surface area contributed by atoms with Gasteiger partial charge < -0.3 is 5.32 Å². The number of nitriles is 1. The summed E-state index contributed by atoms with van der Waals surface area (Å²) in [4.78, 5) is 0. The second-order valence-corrected chi connectivity index (χ2v) is 6.12. The minimum atomic E-state index is -3.28. The molecule has 0 aliphatic carbocycles. The third-order valence-corrected chi connectivity index (χ3v) is 4.90. The van der Waals surface area contributed by atoms with Crippen LogP contribution in [0.5, 0.6) is 0 Å². The number of rotatable bonds is 2. The highest BCUT2D eigenvalue weighted by molar-refractivity contribution is 7.93. The lowest BCUT2D eigenvalue weighted by Crippen LogP contribution is -2.64. The van der Waals surface area contributed by atoms with Crippen LogP contribution in [-0.2, 0) is 9.84 Å². The molecule has 4 nitrogen and oxygen atoms in total. The van der Waals surface area contributed by atoms with Crippen LogP contribution in [0.4, 0.5) is 0 Å². The average Bonchev–Trinajstić information content (AvgIpc) is 1.85. The molecule has 0 spiro atoms. The topological polar surface area (TPSA) is 70.0 Å². The van der Waals surface area contributed by atoms with E-state index in [1.165, 1.54) is 0 Å². The summed E-state index contributed by atoms with van der Waals surface area (Å²) in [5, 5.41) is 11.1. The van der Waals surface area contributed by atoms with Crippen molar-refractivity contribution in [3.63, 3.8) is 0 Å². The molecule has 0 amide bonds. The number of sulfone groups is 1. The maximum Gasteiger partial charge on any atom is 0.183 e. The summed E-state index contributed by atoms with van der Waals surface area (Å²) in [5.41, 5.74) is 0. The highest BCUT2D eigenvalue weighted by Gasteiger charge is 2.50. The third kappa shape index (κ3) is 1.03. The minimum Gasteiger partial charge on any atom is -0.311 e. The van der Waals surface area contributed by atoms with Crippen LogP contribution < -0.4 is 5.32 Å². The van der Waals surface area contributed by atoms with E-state index in [1.54, 1.807) is 13.8 Å². The van der Waals surface area contributed by atoms with E-state index in [1.807, 2.05) is 6.07 Å². The van der Waals surface area contributed by atoms with Gasteiger partial charge in [0.05, 0.1) is 11.3 Å². The van der Waals surface area contributed by atoms with Gasteiger partial charge in [-0.05, 0) is 13.8 Å². The molecule has 0 aromatic rings. The number of nitrogens with one attached hydrogen (secondary N) is 1. The summed E-state index contributed by atoms with van der Waals surface area (Å²) in [7, 11) is -3.28. The predicted molar refractivity (Wildman–Crippen MR) is 45.3 cm³/mol. The maximum atomic E-state index is 11.6. The Morgan fingerprint density at radius 1 is 1.50 bits per heavy atom. The van der Waals surface area contributed by atoms with Crippen molar-refractivity contribution in [1.29, 1.82) is 5.26 Å². The summed E-state index contributed by atoms with van der Waals surface area (Å²) in [5.74, 6) is 0. The number of hydrogen-bond donors (Lipinski definition) is 1. The normalized spacial score (nSPS) is 21.5. The molecule has 0 atom stereocenters. The van der Waals surface area contributed by atoms with Crippen molar-refractivity contribution in [2.45, 2.75) is 23.8 Å². The van der Waals surface area contributed by atoms with Crippen molar-refractivity contribution in [3.8, 4) is 6.07 Å². The van der Waals surface area contributed by atoms with Crippen molar-refractivity contribution in [2.75, 3.05) is 13.1 Å². The quantitative estimate of drug-likeness (QED) is 0.644. The Kier molecular flexibility index (Phi) is 2.15. The number of nitrogens with zero attached hydrogens (tertiary/aromatic N) is 1. The molecule has 1 aliphatic heterocycles. The molecule has 0 saturated carbocycles. The van der Waals surface area contributed by atoms with Crippen molar-refractivity contribution < 1.29 is 8.42 Å². The van der Waals surface area contributed by atoms with E-state index in [-0.39, 0.29) is 13.1 Å². The van der Waals surface area contributed by atoms with Gasteiger partial charge in [-0.15, -0.1) is 0 Å². The monoisotopic (exact) mass is 188 g/mol. The molecule has 5 heteroatoms. The molecule has 1 fully saturated rings. The average molecular weight is 188 g/mol. The van der Waals surface area contributed by atoms with Crippen LogP contribution >= 0.6 is 0 Å². The van der Waals surface area contributed by atoms with Crippen LogP contribution in [0.25, 0.3) is 0 Å². The summed E-state index contributed by atoms with van der Waals surface area (Å²) in [6.45, 7) is 3.74. The predicted octanol–water partition coefficient (Wildman–Crippen LogP) is -0.325. The van der Waals surface area contributed by atoms with Gasteiger partial charge in [0.1, 0.15) is 0 Å². The van der Waals surface area contributed by atoms with E-state index < -0.39 is 19.8 Å². The summed E-state index contributed by atoms with van der Waals surface area (Å²) < 4.78 is 22.1. The molecule has 0 aromatic heterocycles. The van der Waals surface area contributed by atoms with E-state index in [0.717, 1.165) is 0 Å². The van der Waals surface area contributed by atoms with E-state index in [2.05, 4.69) is 5.32 Å². The second-order valence-electron chi connectivity index (χ2n) is 3.30. The molecule has 0 unspecified atom stereocenters. The molecule has 0 radical (unpaired) electrons. The molecule has 1 N–H and O–H groups in total. The largest absolute Gasteiger partial charge is 0.311 e. The lowest BCUT2D eigenvalue weighted by atomic mass is 10.1. The Labute approximate surface area is 72.5 Å². The first kappa shape index (κ1) is 9.49. The molecule has 68 valence electrons. The van der Waals surface area contributed by atoms with Crippen molar-refractivity contribution >= 4 is 9.84 Å². The fourth-order valence-electron chi connectivity index (χ4n) is 1.15. The summed E-state index contributed by atoms with van der Waals surface area (Å²) >= 11 is 0. The summed E-state index contributed by atoms with van der Waals surface area (Å²) in [6.07, 6.45) is 0. The van der Waals surface area contributed by atoms with Crippen molar-refractivity contribution in [3.05, 3.63) is 0 Å². The first-order valence-electron chi connectivity index (χ1n) is 3.82. The Hall–Kier alpha value is -0.600. The van der Waals surface area contributed by atoms with Gasteiger partial charge in [0, 0.05) is 13.1 Å². The molecule has 1 saturated heterocycles. The maximum absolute atomic E-state index is 11.6. The van der Waals surface area contributed by atoms with Crippen molar-refractivity contribution in [1.82, 2.24) is 5.32 Å². The van der Waals surface area contributed by atoms with Gasteiger partial charge in [-0.25, -0.2) is 8.42 Å². The van der Waals surface area contributed by atoms with Gasteiger partial charge in [-0.1, -0.05) is 0 Å². The van der Waals surface area contributed by atoms with Crippen LogP contribution in [0.15, 0.2) is 0 Å². The fourth-order valence-corrected chi connectivity index (χ4v) is 2.78. The smallest absolute Gasteiger partial charge is 0.183 e. The molecule has 0 bridgehead atoms. The third-order valence-electron chi connectivity index (χ3n) is 2.19. The van der Waals surface area contributed by atoms with Gasteiger partial charge in [0.2, 0.25) is 0 Å². The minimum absolute atomic E-state index is 0.268. The molecular formula is C7H12N2O2S. The molecule has 1 aliphatic rings. The van der Waals surface area contributed by atoms with Crippen molar-refractivity contribution in [2.24, 2.45) is 0 Å². The fraction of sp³-hybridized carbons (Fsp3) is 0.857. The van der Waals surface area contributed by atoms with E-state index >= 15 is 0 Å². The Balaban J connectivity index is 3.04. The zero-order chi connectivity index (χ0) is 9.41. The SMILES string of the molecule is CC(C)S(=O)(=O)C1(C#N)CNC1. The van der Waals surface area contributed by atoms with Gasteiger partial charge in [0.15, 0.2) is 14.6 Å². The molecular weight excluding hydrogens is 176 g/mol. The van der Waals surface area contributed by atoms with E-state index in [4.69, 9.17) is 5.26 Å². The second kappa shape index (κ2) is 2.71. The molecule has 12 heavy (non-hydrogen) atoms. The molecule has 1 rings (SSSR count).